The van der Waals surface area contributed by atoms with Crippen molar-refractivity contribution in [3.63, 3.8) is 0 Å². The fraction of sp³-hybridized carbons (Fsp3) is 0.353. The third-order valence-corrected chi connectivity index (χ3v) is 5.34. The predicted octanol–water partition coefficient (Wildman–Crippen LogP) is 4.86. The van der Waals surface area contributed by atoms with Crippen molar-refractivity contribution < 1.29 is 4.42 Å². The van der Waals surface area contributed by atoms with Crippen LogP contribution in [0.3, 0.4) is 0 Å². The monoisotopic (exact) mass is 360 g/mol. The second kappa shape index (κ2) is 7.81. The molecule has 3 rings (SSSR count). The molecular weight excluding hydrogens is 340 g/mol. The van der Waals surface area contributed by atoms with E-state index in [4.69, 9.17) is 4.42 Å². The molecule has 0 bridgehead atoms. The van der Waals surface area contributed by atoms with E-state index in [1.54, 1.807) is 23.1 Å². The molecule has 0 spiro atoms. The summed E-state index contributed by atoms with van der Waals surface area (Å²) in [6.07, 6.45) is 0. The maximum absolute atomic E-state index is 5.79. The molecule has 5 nitrogen and oxygen atoms in total. The average molecular weight is 361 g/mol. The molecule has 2 heterocycles. The molecule has 0 unspecified atom stereocenters. The maximum atomic E-state index is 5.79. The zero-order valence-corrected chi connectivity index (χ0v) is 15.6. The van der Waals surface area contributed by atoms with Crippen LogP contribution in [0.1, 0.15) is 25.3 Å². The van der Waals surface area contributed by atoms with Gasteiger partial charge in [-0.05, 0) is 25.0 Å². The molecule has 0 amide bonds. The number of thioether (sulfide) groups is 1. The summed E-state index contributed by atoms with van der Waals surface area (Å²) in [5, 5.41) is 12.5. The molecule has 2 aromatic heterocycles. The minimum absolute atomic E-state index is 0.583. The fourth-order valence-corrected chi connectivity index (χ4v) is 3.79. The van der Waals surface area contributed by atoms with Crippen LogP contribution in [0, 0.1) is 12.8 Å². The molecule has 24 heavy (non-hydrogen) atoms. The van der Waals surface area contributed by atoms with E-state index >= 15 is 0 Å². The van der Waals surface area contributed by atoms with Crippen molar-refractivity contribution in [3.05, 3.63) is 41.8 Å². The highest BCUT2D eigenvalue weighted by molar-refractivity contribution is 8.00. The number of aromatic nitrogens is 3. The molecule has 0 saturated heterocycles. The van der Waals surface area contributed by atoms with Crippen molar-refractivity contribution in [2.24, 2.45) is 5.92 Å². The fourth-order valence-electron chi connectivity index (χ4n) is 2.03. The van der Waals surface area contributed by atoms with Gasteiger partial charge in [-0.15, -0.1) is 10.2 Å². The number of benzene rings is 1. The van der Waals surface area contributed by atoms with Gasteiger partial charge in [-0.1, -0.05) is 55.1 Å². The first kappa shape index (κ1) is 17.0. The molecule has 0 aliphatic carbocycles. The molecule has 0 aliphatic rings. The summed E-state index contributed by atoms with van der Waals surface area (Å²) in [7, 11) is 0. The minimum atomic E-state index is 0.583. The summed E-state index contributed by atoms with van der Waals surface area (Å²) in [6, 6.07) is 9.95. The van der Waals surface area contributed by atoms with Crippen LogP contribution in [-0.4, -0.2) is 21.7 Å². The van der Waals surface area contributed by atoms with Gasteiger partial charge in [0, 0.05) is 17.9 Å². The lowest BCUT2D eigenvalue weighted by atomic mass is 10.2. The van der Waals surface area contributed by atoms with Crippen molar-refractivity contribution in [1.29, 1.82) is 0 Å². The number of anilines is 1. The molecule has 0 saturated carbocycles. The van der Waals surface area contributed by atoms with Crippen LogP contribution in [0.15, 0.2) is 39.1 Å². The van der Waals surface area contributed by atoms with Gasteiger partial charge in [0.1, 0.15) is 5.76 Å². The number of nitrogens with zero attached hydrogens (tertiary/aromatic N) is 3. The first-order chi connectivity index (χ1) is 11.6. The Kier molecular flexibility index (Phi) is 5.52. The molecule has 126 valence electrons. The molecule has 1 N–H and O–H groups in total. The summed E-state index contributed by atoms with van der Waals surface area (Å²) in [4.78, 5) is 4.61. The van der Waals surface area contributed by atoms with E-state index in [9.17, 15) is 0 Å². The highest BCUT2D eigenvalue weighted by Crippen LogP contribution is 2.30. The van der Waals surface area contributed by atoms with E-state index in [1.165, 1.54) is 0 Å². The largest absolute Gasteiger partial charge is 0.441 e. The normalized spacial score (nSPS) is 11.2. The van der Waals surface area contributed by atoms with Crippen LogP contribution in [0.25, 0.3) is 11.5 Å². The second-order valence-electron chi connectivity index (χ2n) is 5.82. The summed E-state index contributed by atoms with van der Waals surface area (Å²) >= 11 is 3.21. The number of aryl methyl sites for hydroxylation is 1. The van der Waals surface area contributed by atoms with Gasteiger partial charge in [0.05, 0.1) is 5.69 Å². The van der Waals surface area contributed by atoms with Crippen LogP contribution in [0.4, 0.5) is 5.13 Å². The van der Waals surface area contributed by atoms with Gasteiger partial charge in [-0.3, -0.25) is 0 Å². The van der Waals surface area contributed by atoms with E-state index in [1.807, 2.05) is 37.3 Å². The molecule has 0 aliphatic heterocycles. The Hall–Kier alpha value is -1.86. The number of hydrogen-bond acceptors (Lipinski definition) is 7. The van der Waals surface area contributed by atoms with Crippen molar-refractivity contribution in [3.8, 4) is 11.5 Å². The average Bonchev–Trinajstić information content (AvgIpc) is 3.18. The molecule has 7 heteroatoms. The van der Waals surface area contributed by atoms with Gasteiger partial charge in [0.15, 0.2) is 4.34 Å². The lowest BCUT2D eigenvalue weighted by Gasteiger charge is -2.03. The minimum Gasteiger partial charge on any atom is -0.441 e. The summed E-state index contributed by atoms with van der Waals surface area (Å²) < 4.78 is 6.72. The van der Waals surface area contributed by atoms with Crippen LogP contribution in [0.2, 0.25) is 0 Å². The second-order valence-corrected chi connectivity index (χ2v) is 8.02. The van der Waals surface area contributed by atoms with Gasteiger partial charge in [0.25, 0.3) is 0 Å². The highest BCUT2D eigenvalue weighted by atomic mass is 32.2. The molecule has 0 radical (unpaired) electrons. The van der Waals surface area contributed by atoms with Crippen molar-refractivity contribution in [2.45, 2.75) is 30.9 Å². The Morgan fingerprint density at radius 2 is 2.00 bits per heavy atom. The smallest absolute Gasteiger partial charge is 0.226 e. The van der Waals surface area contributed by atoms with Crippen molar-refractivity contribution in [1.82, 2.24) is 15.2 Å². The van der Waals surface area contributed by atoms with Crippen LogP contribution < -0.4 is 5.32 Å². The zero-order chi connectivity index (χ0) is 16.9. The lowest BCUT2D eigenvalue weighted by Crippen LogP contribution is -2.07. The Bertz CT molecular complexity index is 783. The Labute approximate surface area is 149 Å². The van der Waals surface area contributed by atoms with Gasteiger partial charge in [-0.25, -0.2) is 4.98 Å². The van der Waals surface area contributed by atoms with E-state index in [-0.39, 0.29) is 0 Å². The van der Waals surface area contributed by atoms with Gasteiger partial charge < -0.3 is 9.73 Å². The van der Waals surface area contributed by atoms with Crippen LogP contribution in [0.5, 0.6) is 0 Å². The van der Waals surface area contributed by atoms with Crippen molar-refractivity contribution >= 4 is 28.2 Å². The highest BCUT2D eigenvalue weighted by Gasteiger charge is 2.13. The Balaban J connectivity index is 1.62. The first-order valence-electron chi connectivity index (χ1n) is 7.83. The summed E-state index contributed by atoms with van der Waals surface area (Å²) in [6.45, 7) is 7.19. The van der Waals surface area contributed by atoms with Gasteiger partial charge in [-0.2, -0.15) is 0 Å². The maximum Gasteiger partial charge on any atom is 0.226 e. The lowest BCUT2D eigenvalue weighted by molar-refractivity contribution is 0.540. The SMILES string of the molecule is Cc1oc(-c2ccccc2)nc1CSc1nnc(NCC(C)C)s1. The number of hydrogen-bond donors (Lipinski definition) is 1. The van der Waals surface area contributed by atoms with E-state index < -0.39 is 0 Å². The quantitative estimate of drug-likeness (QED) is 0.607. The van der Waals surface area contributed by atoms with E-state index in [0.717, 1.165) is 38.8 Å². The zero-order valence-electron chi connectivity index (χ0n) is 13.9. The predicted molar refractivity (Wildman–Crippen MR) is 99.5 cm³/mol. The third-order valence-electron chi connectivity index (χ3n) is 3.31. The molecule has 3 aromatic rings. The summed E-state index contributed by atoms with van der Waals surface area (Å²) in [5.74, 6) is 2.82. The van der Waals surface area contributed by atoms with Crippen molar-refractivity contribution in [2.75, 3.05) is 11.9 Å². The standard InChI is InChI=1S/C17H20N4OS2/c1-11(2)9-18-16-20-21-17(24-16)23-10-14-12(3)22-15(19-14)13-7-5-4-6-8-13/h4-8,11H,9-10H2,1-3H3,(H,18,20). The molecule has 0 atom stereocenters. The Morgan fingerprint density at radius 1 is 1.21 bits per heavy atom. The molecular formula is C17H20N4OS2. The van der Waals surface area contributed by atoms with Gasteiger partial charge >= 0.3 is 0 Å². The van der Waals surface area contributed by atoms with Crippen LogP contribution >= 0.6 is 23.1 Å². The molecule has 0 fully saturated rings. The first-order valence-corrected chi connectivity index (χ1v) is 9.64. The van der Waals surface area contributed by atoms with Crippen LogP contribution in [-0.2, 0) is 5.75 Å². The number of nitrogens with one attached hydrogen (secondary N) is 1. The number of rotatable bonds is 7. The number of oxazole rings is 1. The molecule has 1 aromatic carbocycles. The summed E-state index contributed by atoms with van der Waals surface area (Å²) in [5.41, 5.74) is 1.94. The van der Waals surface area contributed by atoms with Gasteiger partial charge in [0.2, 0.25) is 11.0 Å². The van der Waals surface area contributed by atoms with E-state index in [2.05, 4.69) is 34.3 Å². The third kappa shape index (κ3) is 4.36. The Morgan fingerprint density at radius 3 is 2.75 bits per heavy atom. The topological polar surface area (TPSA) is 63.8 Å². The van der Waals surface area contributed by atoms with E-state index in [0.29, 0.717) is 11.8 Å².